The van der Waals surface area contributed by atoms with E-state index in [2.05, 4.69) is 5.32 Å². The molecule has 0 radical (unpaired) electrons. The van der Waals surface area contributed by atoms with Gasteiger partial charge in [0.2, 0.25) is 0 Å². The molecule has 0 bridgehead atoms. The summed E-state index contributed by atoms with van der Waals surface area (Å²) in [6.07, 6.45) is 0. The van der Waals surface area contributed by atoms with E-state index in [1.165, 1.54) is 6.07 Å². The third-order valence-electron chi connectivity index (χ3n) is 2.31. The minimum absolute atomic E-state index is 0.0850. The third-order valence-corrected chi connectivity index (χ3v) is 2.84. The number of halogens is 2. The molecule has 0 aliphatic carbocycles. The molecule has 88 valence electrons. The van der Waals surface area contributed by atoms with Crippen LogP contribution in [0.15, 0.2) is 18.2 Å². The Hall–Kier alpha value is -1.09. The third kappa shape index (κ3) is 3.20. The highest BCUT2D eigenvalue weighted by molar-refractivity contribution is 6.18. The van der Waals surface area contributed by atoms with Gasteiger partial charge in [0, 0.05) is 12.4 Å². The normalized spacial score (nSPS) is 12.2. The van der Waals surface area contributed by atoms with Gasteiger partial charge in [-0.1, -0.05) is 19.1 Å². The number of aryl methyl sites for hydroxylation is 1. The minimum Gasteiger partial charge on any atom is -0.352 e. The lowest BCUT2D eigenvalue weighted by Crippen LogP contribution is -2.29. The summed E-state index contributed by atoms with van der Waals surface area (Å²) in [6.45, 7) is 4.00. The highest BCUT2D eigenvalue weighted by Gasteiger charge is 2.13. The molecule has 0 aliphatic rings. The summed E-state index contributed by atoms with van der Waals surface area (Å²) in [7, 11) is 0. The topological polar surface area (TPSA) is 29.1 Å². The molecule has 1 aromatic rings. The smallest absolute Gasteiger partial charge is 0.254 e. The van der Waals surface area contributed by atoms with Crippen molar-refractivity contribution in [2.45, 2.75) is 13.8 Å². The Morgan fingerprint density at radius 3 is 2.88 bits per heavy atom. The van der Waals surface area contributed by atoms with Crippen LogP contribution in [0, 0.1) is 18.7 Å². The van der Waals surface area contributed by atoms with E-state index < -0.39 is 11.7 Å². The summed E-state index contributed by atoms with van der Waals surface area (Å²) in [5.41, 5.74) is 0.555. The number of rotatable bonds is 4. The van der Waals surface area contributed by atoms with Gasteiger partial charge in [0.25, 0.3) is 5.91 Å². The molecule has 0 heterocycles. The van der Waals surface area contributed by atoms with Gasteiger partial charge >= 0.3 is 0 Å². The van der Waals surface area contributed by atoms with E-state index in [0.29, 0.717) is 18.0 Å². The Bertz CT molecular complexity index is 381. The van der Waals surface area contributed by atoms with Crippen LogP contribution in [0.25, 0.3) is 0 Å². The maximum atomic E-state index is 13.6. The summed E-state index contributed by atoms with van der Waals surface area (Å²) in [5, 5.41) is 2.65. The van der Waals surface area contributed by atoms with Crippen molar-refractivity contribution in [3.63, 3.8) is 0 Å². The molecule has 1 unspecified atom stereocenters. The Labute approximate surface area is 99.8 Å². The molecule has 1 N–H and O–H groups in total. The number of amides is 1. The van der Waals surface area contributed by atoms with Gasteiger partial charge in [-0.25, -0.2) is 4.39 Å². The van der Waals surface area contributed by atoms with Crippen LogP contribution in [0.3, 0.4) is 0 Å². The fourth-order valence-corrected chi connectivity index (χ4v) is 1.35. The molecule has 4 heteroatoms. The number of hydrogen-bond acceptors (Lipinski definition) is 1. The lowest BCUT2D eigenvalue weighted by molar-refractivity contribution is 0.0945. The van der Waals surface area contributed by atoms with Crippen LogP contribution >= 0.6 is 11.6 Å². The zero-order chi connectivity index (χ0) is 12.1. The molecule has 0 aliphatic heterocycles. The highest BCUT2D eigenvalue weighted by Crippen LogP contribution is 2.11. The predicted molar refractivity (Wildman–Crippen MR) is 63.4 cm³/mol. The van der Waals surface area contributed by atoms with Crippen LogP contribution in [-0.4, -0.2) is 18.3 Å². The average molecular weight is 244 g/mol. The maximum absolute atomic E-state index is 13.6. The Kier molecular flexibility index (Phi) is 4.74. The van der Waals surface area contributed by atoms with Crippen LogP contribution in [-0.2, 0) is 0 Å². The molecule has 2 nitrogen and oxygen atoms in total. The van der Waals surface area contributed by atoms with Crippen molar-refractivity contribution >= 4 is 17.5 Å². The van der Waals surface area contributed by atoms with Gasteiger partial charge in [0.15, 0.2) is 0 Å². The number of nitrogens with one attached hydrogen (secondary N) is 1. The zero-order valence-electron chi connectivity index (χ0n) is 9.39. The second-order valence-corrected chi connectivity index (χ2v) is 4.21. The molecule has 1 atom stereocenters. The summed E-state index contributed by atoms with van der Waals surface area (Å²) in [4.78, 5) is 11.6. The van der Waals surface area contributed by atoms with Gasteiger partial charge in [-0.2, -0.15) is 0 Å². The molecular formula is C12H15ClFNO. The van der Waals surface area contributed by atoms with E-state index in [9.17, 15) is 9.18 Å². The Morgan fingerprint density at radius 1 is 1.56 bits per heavy atom. The summed E-state index contributed by atoms with van der Waals surface area (Å²) in [5.74, 6) is -0.202. The van der Waals surface area contributed by atoms with Crippen molar-refractivity contribution in [1.29, 1.82) is 0 Å². The minimum atomic E-state index is -0.460. The van der Waals surface area contributed by atoms with Crippen molar-refractivity contribution in [3.8, 4) is 0 Å². The molecule has 1 amide bonds. The molecule has 16 heavy (non-hydrogen) atoms. The maximum Gasteiger partial charge on any atom is 0.254 e. The summed E-state index contributed by atoms with van der Waals surface area (Å²) in [6, 6.07) is 4.77. The zero-order valence-corrected chi connectivity index (χ0v) is 10.1. The van der Waals surface area contributed by atoms with Crippen molar-refractivity contribution in [1.82, 2.24) is 5.32 Å². The number of alkyl halides is 1. The highest BCUT2D eigenvalue weighted by atomic mass is 35.5. The Balaban J connectivity index is 2.70. The molecule has 1 aromatic carbocycles. The van der Waals surface area contributed by atoms with Gasteiger partial charge in [0.05, 0.1) is 5.56 Å². The molecule has 0 spiro atoms. The van der Waals surface area contributed by atoms with Crippen molar-refractivity contribution < 1.29 is 9.18 Å². The lowest BCUT2D eigenvalue weighted by atomic mass is 10.1. The van der Waals surface area contributed by atoms with Crippen molar-refractivity contribution in [3.05, 3.63) is 35.1 Å². The Morgan fingerprint density at radius 2 is 2.25 bits per heavy atom. The quantitative estimate of drug-likeness (QED) is 0.810. The average Bonchev–Trinajstić information content (AvgIpc) is 2.29. The van der Waals surface area contributed by atoms with Crippen LogP contribution in [0.1, 0.15) is 22.8 Å². The van der Waals surface area contributed by atoms with Gasteiger partial charge in [-0.15, -0.1) is 11.6 Å². The van der Waals surface area contributed by atoms with Crippen LogP contribution in [0.5, 0.6) is 0 Å². The van der Waals surface area contributed by atoms with Crippen LogP contribution in [0.2, 0.25) is 0 Å². The van der Waals surface area contributed by atoms with Gasteiger partial charge in [0.1, 0.15) is 5.82 Å². The van der Waals surface area contributed by atoms with E-state index in [1.807, 2.05) is 6.92 Å². The van der Waals surface area contributed by atoms with Gasteiger partial charge < -0.3 is 5.32 Å². The monoisotopic (exact) mass is 243 g/mol. The second kappa shape index (κ2) is 5.85. The predicted octanol–water partition coefficient (Wildman–Crippen LogP) is 2.74. The molecule has 0 saturated heterocycles. The molecule has 0 fully saturated rings. The number of carbonyl (C=O) groups excluding carboxylic acids is 1. The van der Waals surface area contributed by atoms with Crippen LogP contribution < -0.4 is 5.32 Å². The van der Waals surface area contributed by atoms with Gasteiger partial charge in [-0.3, -0.25) is 4.79 Å². The van der Waals surface area contributed by atoms with E-state index in [1.54, 1.807) is 19.1 Å². The first kappa shape index (κ1) is 13.0. The fraction of sp³-hybridized carbons (Fsp3) is 0.417. The number of benzene rings is 1. The van der Waals surface area contributed by atoms with E-state index in [0.717, 1.165) is 0 Å². The molecule has 1 rings (SSSR count). The SMILES string of the molecule is Cc1cccc(C(=O)NCC(C)CCl)c1F. The lowest BCUT2D eigenvalue weighted by Gasteiger charge is -2.10. The molecular weight excluding hydrogens is 229 g/mol. The number of carbonyl (C=O) groups is 1. The van der Waals surface area contributed by atoms with Crippen molar-refractivity contribution in [2.24, 2.45) is 5.92 Å². The van der Waals surface area contributed by atoms with E-state index in [4.69, 9.17) is 11.6 Å². The standard InChI is InChI=1S/C12H15ClFNO/c1-8(6-13)7-15-12(16)10-5-3-4-9(2)11(10)14/h3-5,8H,6-7H2,1-2H3,(H,15,16). The molecule has 0 aromatic heterocycles. The van der Waals surface area contributed by atoms with E-state index >= 15 is 0 Å². The van der Waals surface area contributed by atoms with E-state index in [-0.39, 0.29) is 11.5 Å². The van der Waals surface area contributed by atoms with Crippen LogP contribution in [0.4, 0.5) is 4.39 Å². The summed E-state index contributed by atoms with van der Waals surface area (Å²) < 4.78 is 13.6. The first-order valence-electron chi connectivity index (χ1n) is 5.15. The first-order valence-corrected chi connectivity index (χ1v) is 5.69. The van der Waals surface area contributed by atoms with Gasteiger partial charge in [-0.05, 0) is 24.5 Å². The fourth-order valence-electron chi connectivity index (χ4n) is 1.24. The molecule has 0 saturated carbocycles. The first-order chi connectivity index (χ1) is 7.56. The number of hydrogen-bond donors (Lipinski definition) is 1. The largest absolute Gasteiger partial charge is 0.352 e. The second-order valence-electron chi connectivity index (χ2n) is 3.91. The van der Waals surface area contributed by atoms with Crippen molar-refractivity contribution in [2.75, 3.05) is 12.4 Å². The summed E-state index contributed by atoms with van der Waals surface area (Å²) >= 11 is 5.61.